The number of nitrogens with one attached hydrogen (secondary N) is 1. The van der Waals surface area contributed by atoms with Crippen LogP contribution in [0.1, 0.15) is 41.0 Å². The zero-order valence-corrected chi connectivity index (χ0v) is 13.9. The number of nitrogens with zero attached hydrogens (tertiary/aromatic N) is 1. The van der Waals surface area contributed by atoms with Crippen LogP contribution in [0.25, 0.3) is 0 Å². The fourth-order valence-corrected chi connectivity index (χ4v) is 2.11. The second kappa shape index (κ2) is 6.35. The third-order valence-electron chi connectivity index (χ3n) is 3.21. The molecule has 4 nitrogen and oxygen atoms in total. The van der Waals surface area contributed by atoms with Crippen LogP contribution >= 0.6 is 11.8 Å². The third kappa shape index (κ3) is 6.04. The van der Waals surface area contributed by atoms with E-state index in [2.05, 4.69) is 25.4 Å². The van der Waals surface area contributed by atoms with Crippen LogP contribution in [0, 0.1) is 0 Å². The second-order valence-corrected chi connectivity index (χ2v) is 8.27. The van der Waals surface area contributed by atoms with E-state index in [1.165, 1.54) is 0 Å². The van der Waals surface area contributed by atoms with Gasteiger partial charge in [-0.3, -0.25) is 0 Å². The van der Waals surface area contributed by atoms with Gasteiger partial charge in [-0.05, 0) is 47.3 Å². The average molecular weight is 288 g/mol. The zero-order valence-electron chi connectivity index (χ0n) is 13.1. The molecule has 1 heterocycles. The molecule has 1 fully saturated rings. The van der Waals surface area contributed by atoms with Crippen molar-refractivity contribution in [3.8, 4) is 0 Å². The van der Waals surface area contributed by atoms with Crippen molar-refractivity contribution in [2.45, 2.75) is 57.4 Å². The Bertz CT molecular complexity index is 313. The molecule has 1 aliphatic rings. The summed E-state index contributed by atoms with van der Waals surface area (Å²) in [5.74, 6) is 0. The van der Waals surface area contributed by atoms with E-state index in [-0.39, 0.29) is 10.8 Å². The lowest BCUT2D eigenvalue weighted by Crippen LogP contribution is -2.42. The van der Waals surface area contributed by atoms with Crippen LogP contribution in [0.4, 0.5) is 4.79 Å². The number of carbonyl (C=O) groups excluding carboxylic acids is 1. The van der Waals surface area contributed by atoms with E-state index in [1.54, 1.807) is 4.90 Å². The summed E-state index contributed by atoms with van der Waals surface area (Å²) in [5, 5.41) is 3.55. The van der Waals surface area contributed by atoms with Gasteiger partial charge in [-0.2, -0.15) is 11.8 Å². The molecule has 1 saturated heterocycles. The molecule has 1 aliphatic heterocycles. The minimum Gasteiger partial charge on any atom is -0.444 e. The van der Waals surface area contributed by atoms with Crippen molar-refractivity contribution in [2.24, 2.45) is 0 Å². The molecule has 1 atom stereocenters. The van der Waals surface area contributed by atoms with E-state index >= 15 is 0 Å². The second-order valence-electron chi connectivity index (χ2n) is 6.76. The topological polar surface area (TPSA) is 41.6 Å². The highest BCUT2D eigenvalue weighted by molar-refractivity contribution is 7.99. The van der Waals surface area contributed by atoms with Crippen LogP contribution in [-0.4, -0.2) is 53.3 Å². The van der Waals surface area contributed by atoms with Gasteiger partial charge in [-0.1, -0.05) is 0 Å². The maximum absolute atomic E-state index is 11.9. The molecule has 0 aromatic carbocycles. The summed E-state index contributed by atoms with van der Waals surface area (Å²) in [4.78, 5) is 13.7. The van der Waals surface area contributed by atoms with Gasteiger partial charge in [0.15, 0.2) is 0 Å². The Morgan fingerprint density at radius 1 is 1.37 bits per heavy atom. The molecule has 1 amide bonds. The summed E-state index contributed by atoms with van der Waals surface area (Å²) in [5.41, 5.74) is -0.413. The SMILES string of the molecule is CSC(C)(C)CNC1CCN(C(=O)OC(C)(C)C)C1. The predicted molar refractivity (Wildman–Crippen MR) is 81.8 cm³/mol. The van der Waals surface area contributed by atoms with Crippen molar-refractivity contribution in [2.75, 3.05) is 25.9 Å². The van der Waals surface area contributed by atoms with Crippen molar-refractivity contribution in [1.82, 2.24) is 10.2 Å². The first-order chi connectivity index (χ1) is 8.63. The predicted octanol–water partition coefficient (Wildman–Crippen LogP) is 2.73. The van der Waals surface area contributed by atoms with Crippen molar-refractivity contribution in [1.29, 1.82) is 0 Å². The Morgan fingerprint density at radius 2 is 2.00 bits per heavy atom. The lowest BCUT2D eigenvalue weighted by molar-refractivity contribution is 0.0291. The molecular weight excluding hydrogens is 260 g/mol. The Balaban J connectivity index is 2.36. The van der Waals surface area contributed by atoms with E-state index in [9.17, 15) is 4.79 Å². The minimum absolute atomic E-state index is 0.194. The number of amides is 1. The van der Waals surface area contributed by atoms with Crippen molar-refractivity contribution < 1.29 is 9.53 Å². The standard InChI is InChI=1S/C14H28N2O2S/c1-13(2,3)18-12(17)16-8-7-11(9-16)15-10-14(4,5)19-6/h11,15H,7-10H2,1-6H3. The minimum atomic E-state index is -0.413. The van der Waals surface area contributed by atoms with Gasteiger partial charge >= 0.3 is 6.09 Å². The molecule has 0 spiro atoms. The van der Waals surface area contributed by atoms with E-state index in [0.717, 1.165) is 26.1 Å². The molecular formula is C14H28N2O2S. The van der Waals surface area contributed by atoms with Crippen LogP contribution in [-0.2, 0) is 4.74 Å². The van der Waals surface area contributed by atoms with E-state index in [4.69, 9.17) is 4.74 Å². The molecule has 0 aromatic rings. The van der Waals surface area contributed by atoms with Gasteiger partial charge in [0.05, 0.1) is 0 Å². The van der Waals surface area contributed by atoms with E-state index in [1.807, 2.05) is 32.5 Å². The number of carbonyl (C=O) groups is 1. The smallest absolute Gasteiger partial charge is 0.410 e. The summed E-state index contributed by atoms with van der Waals surface area (Å²) >= 11 is 1.86. The Labute approximate surface area is 121 Å². The van der Waals surface area contributed by atoms with E-state index in [0.29, 0.717) is 6.04 Å². The van der Waals surface area contributed by atoms with Crippen LogP contribution in [0.2, 0.25) is 0 Å². The third-order valence-corrected chi connectivity index (χ3v) is 4.46. The molecule has 0 aromatic heterocycles. The molecule has 5 heteroatoms. The zero-order chi connectivity index (χ0) is 14.7. The number of rotatable bonds is 4. The summed E-state index contributed by atoms with van der Waals surface area (Å²) in [7, 11) is 0. The number of ether oxygens (including phenoxy) is 1. The highest BCUT2D eigenvalue weighted by Gasteiger charge is 2.30. The fourth-order valence-electron chi connectivity index (χ4n) is 1.88. The van der Waals surface area contributed by atoms with Crippen molar-refractivity contribution in [3.05, 3.63) is 0 Å². The Morgan fingerprint density at radius 3 is 2.53 bits per heavy atom. The molecule has 0 aliphatic carbocycles. The molecule has 0 radical (unpaired) electrons. The Hall–Kier alpha value is -0.420. The quantitative estimate of drug-likeness (QED) is 0.863. The highest BCUT2D eigenvalue weighted by atomic mass is 32.2. The summed E-state index contributed by atoms with van der Waals surface area (Å²) in [6, 6.07) is 0.388. The normalized spacial score (nSPS) is 20.7. The first-order valence-electron chi connectivity index (χ1n) is 6.89. The van der Waals surface area contributed by atoms with E-state index < -0.39 is 5.60 Å². The van der Waals surface area contributed by atoms with Crippen LogP contribution in [0.3, 0.4) is 0 Å². The summed E-state index contributed by atoms with van der Waals surface area (Å²) in [6.45, 7) is 12.6. The van der Waals surface area contributed by atoms with Gasteiger partial charge in [-0.25, -0.2) is 4.79 Å². The molecule has 19 heavy (non-hydrogen) atoms. The molecule has 0 bridgehead atoms. The lowest BCUT2D eigenvalue weighted by Gasteiger charge is -2.26. The summed E-state index contributed by atoms with van der Waals surface area (Å²) in [6.07, 6.45) is 2.94. The number of thioether (sulfide) groups is 1. The first-order valence-corrected chi connectivity index (χ1v) is 8.12. The van der Waals surface area contributed by atoms with Crippen molar-refractivity contribution >= 4 is 17.9 Å². The van der Waals surface area contributed by atoms with Gasteiger partial charge in [0.25, 0.3) is 0 Å². The Kier molecular flexibility index (Phi) is 5.56. The highest BCUT2D eigenvalue weighted by Crippen LogP contribution is 2.21. The number of hydrogen-bond acceptors (Lipinski definition) is 4. The summed E-state index contributed by atoms with van der Waals surface area (Å²) < 4.78 is 5.63. The lowest BCUT2D eigenvalue weighted by atomic mass is 10.2. The first kappa shape index (κ1) is 16.6. The van der Waals surface area contributed by atoms with Gasteiger partial charge in [0.2, 0.25) is 0 Å². The largest absolute Gasteiger partial charge is 0.444 e. The van der Waals surface area contributed by atoms with Gasteiger partial charge in [-0.15, -0.1) is 0 Å². The van der Waals surface area contributed by atoms with Crippen LogP contribution in [0.15, 0.2) is 0 Å². The van der Waals surface area contributed by atoms with Crippen LogP contribution < -0.4 is 5.32 Å². The van der Waals surface area contributed by atoms with Crippen molar-refractivity contribution in [3.63, 3.8) is 0 Å². The molecule has 0 saturated carbocycles. The maximum Gasteiger partial charge on any atom is 0.410 e. The fraction of sp³-hybridized carbons (Fsp3) is 0.929. The van der Waals surface area contributed by atoms with Gasteiger partial charge in [0, 0.05) is 30.4 Å². The molecule has 1 rings (SSSR count). The molecule has 112 valence electrons. The number of hydrogen-bond donors (Lipinski definition) is 1. The molecule has 1 N–H and O–H groups in total. The molecule has 1 unspecified atom stereocenters. The number of likely N-dealkylation sites (tertiary alicyclic amines) is 1. The average Bonchev–Trinajstić information content (AvgIpc) is 2.73. The van der Waals surface area contributed by atoms with Gasteiger partial charge < -0.3 is 15.0 Å². The monoisotopic (exact) mass is 288 g/mol. The maximum atomic E-state index is 11.9. The van der Waals surface area contributed by atoms with Crippen LogP contribution in [0.5, 0.6) is 0 Å². The van der Waals surface area contributed by atoms with Gasteiger partial charge in [0.1, 0.15) is 5.60 Å².